The van der Waals surface area contributed by atoms with Gasteiger partial charge in [0.1, 0.15) is 0 Å². The van der Waals surface area contributed by atoms with Crippen molar-refractivity contribution in [1.29, 1.82) is 0 Å². The summed E-state index contributed by atoms with van der Waals surface area (Å²) in [5, 5.41) is 2.97. The third kappa shape index (κ3) is 5.09. The largest absolute Gasteiger partial charge is 0.389 e. The maximum Gasteiger partial charge on any atom is 0.0643 e. The predicted molar refractivity (Wildman–Crippen MR) is 46.4 cm³/mol. The van der Waals surface area contributed by atoms with Crippen LogP contribution >= 0.6 is 0 Å². The summed E-state index contributed by atoms with van der Waals surface area (Å²) in [4.78, 5) is 4.13. The van der Waals surface area contributed by atoms with Crippen molar-refractivity contribution in [3.05, 3.63) is 25.4 Å². The molecule has 2 nitrogen and oxygen atoms in total. The molecular formula is C8H14N2. The van der Waals surface area contributed by atoms with Gasteiger partial charge in [-0.05, 0) is 13.1 Å². The number of nitrogens with one attached hydrogen (secondary N) is 1. The normalized spacial score (nSPS) is 12.9. The summed E-state index contributed by atoms with van der Waals surface area (Å²) in [7, 11) is 0. The van der Waals surface area contributed by atoms with Crippen LogP contribution in [0.2, 0.25) is 0 Å². The van der Waals surface area contributed by atoms with Crippen molar-refractivity contribution in [3.8, 4) is 0 Å². The van der Waals surface area contributed by atoms with Crippen LogP contribution in [0.1, 0.15) is 6.92 Å². The van der Waals surface area contributed by atoms with Crippen molar-refractivity contribution in [2.75, 3.05) is 6.54 Å². The highest BCUT2D eigenvalue weighted by Gasteiger charge is 1.91. The Labute approximate surface area is 62.4 Å². The topological polar surface area (TPSA) is 24.4 Å². The first kappa shape index (κ1) is 8.95. The van der Waals surface area contributed by atoms with Gasteiger partial charge in [-0.2, -0.15) is 0 Å². The summed E-state index contributed by atoms with van der Waals surface area (Å²) < 4.78 is 0. The molecule has 0 spiro atoms. The number of nitrogens with zero attached hydrogens (tertiary/aromatic N) is 1. The Kier molecular flexibility index (Phi) is 5.44. The molecule has 0 saturated heterocycles. The highest BCUT2D eigenvalue weighted by molar-refractivity contribution is 5.70. The summed E-state index contributed by atoms with van der Waals surface area (Å²) in [5.41, 5.74) is 0. The van der Waals surface area contributed by atoms with Gasteiger partial charge in [0.15, 0.2) is 0 Å². The van der Waals surface area contributed by atoms with E-state index in [0.29, 0.717) is 0 Å². The van der Waals surface area contributed by atoms with Crippen LogP contribution in [0.25, 0.3) is 0 Å². The monoisotopic (exact) mass is 138 g/mol. The number of aliphatic imine (C=N–C) groups is 1. The van der Waals surface area contributed by atoms with Gasteiger partial charge in [0.05, 0.1) is 6.04 Å². The van der Waals surface area contributed by atoms with Crippen LogP contribution in [-0.2, 0) is 0 Å². The second-order valence-electron chi connectivity index (χ2n) is 2.00. The zero-order chi connectivity index (χ0) is 7.82. The average Bonchev–Trinajstić information content (AvgIpc) is 1.97. The third-order valence-corrected chi connectivity index (χ3v) is 1.00. The first-order valence-electron chi connectivity index (χ1n) is 3.29. The van der Waals surface area contributed by atoms with Crippen molar-refractivity contribution in [2.24, 2.45) is 4.99 Å². The van der Waals surface area contributed by atoms with Crippen LogP contribution in [0.5, 0.6) is 0 Å². The van der Waals surface area contributed by atoms with E-state index in [4.69, 9.17) is 0 Å². The van der Waals surface area contributed by atoms with Crippen LogP contribution in [0.15, 0.2) is 30.4 Å². The molecule has 0 amide bonds. The van der Waals surface area contributed by atoms with E-state index in [1.807, 2.05) is 6.92 Å². The summed E-state index contributed by atoms with van der Waals surface area (Å²) in [6.45, 7) is 9.90. The summed E-state index contributed by atoms with van der Waals surface area (Å²) >= 11 is 0. The minimum Gasteiger partial charge on any atom is -0.389 e. The highest BCUT2D eigenvalue weighted by atomic mass is 14.9. The lowest BCUT2D eigenvalue weighted by Gasteiger charge is -2.03. The number of hydrogen-bond donors (Lipinski definition) is 1. The van der Waals surface area contributed by atoms with Crippen LogP contribution in [0, 0.1) is 0 Å². The van der Waals surface area contributed by atoms with E-state index in [1.165, 1.54) is 0 Å². The Hall–Kier alpha value is -1.05. The SMILES string of the molecule is C=C/C=N\C(C)CNC=C. The predicted octanol–water partition coefficient (Wildman–Crippen LogP) is 1.36. The molecule has 1 N–H and O–H groups in total. The third-order valence-electron chi connectivity index (χ3n) is 1.00. The molecule has 0 aliphatic rings. The van der Waals surface area contributed by atoms with Crippen molar-refractivity contribution in [1.82, 2.24) is 5.32 Å². The molecule has 1 unspecified atom stereocenters. The zero-order valence-corrected chi connectivity index (χ0v) is 6.38. The Bertz CT molecular complexity index is 127. The van der Waals surface area contributed by atoms with Gasteiger partial charge in [0.25, 0.3) is 0 Å². The minimum absolute atomic E-state index is 0.288. The van der Waals surface area contributed by atoms with Crippen molar-refractivity contribution < 1.29 is 0 Å². The van der Waals surface area contributed by atoms with Gasteiger partial charge in [-0.25, -0.2) is 0 Å². The fraction of sp³-hybridized carbons (Fsp3) is 0.375. The molecule has 0 saturated carbocycles. The highest BCUT2D eigenvalue weighted by Crippen LogP contribution is 1.84. The molecule has 0 aromatic rings. The average molecular weight is 138 g/mol. The lowest BCUT2D eigenvalue weighted by atomic mass is 10.3. The van der Waals surface area contributed by atoms with Crippen LogP contribution in [-0.4, -0.2) is 18.8 Å². The number of allylic oxidation sites excluding steroid dienone is 1. The van der Waals surface area contributed by atoms with E-state index in [2.05, 4.69) is 23.5 Å². The molecule has 0 aliphatic heterocycles. The zero-order valence-electron chi connectivity index (χ0n) is 6.38. The fourth-order valence-corrected chi connectivity index (χ4v) is 0.514. The Morgan fingerprint density at radius 2 is 2.30 bits per heavy atom. The lowest BCUT2D eigenvalue weighted by Crippen LogP contribution is -2.17. The molecule has 0 radical (unpaired) electrons. The Morgan fingerprint density at radius 3 is 2.80 bits per heavy atom. The first-order valence-corrected chi connectivity index (χ1v) is 3.29. The fourth-order valence-electron chi connectivity index (χ4n) is 0.514. The second-order valence-corrected chi connectivity index (χ2v) is 2.00. The minimum atomic E-state index is 0.288. The van der Waals surface area contributed by atoms with Gasteiger partial charge < -0.3 is 5.32 Å². The van der Waals surface area contributed by atoms with E-state index in [0.717, 1.165) is 6.54 Å². The smallest absolute Gasteiger partial charge is 0.0643 e. The van der Waals surface area contributed by atoms with Crippen molar-refractivity contribution in [3.63, 3.8) is 0 Å². The molecule has 10 heavy (non-hydrogen) atoms. The molecule has 1 atom stereocenters. The molecule has 0 fully saturated rings. The molecule has 2 heteroatoms. The molecule has 0 rings (SSSR count). The van der Waals surface area contributed by atoms with E-state index >= 15 is 0 Å². The van der Waals surface area contributed by atoms with E-state index in [1.54, 1.807) is 18.5 Å². The van der Waals surface area contributed by atoms with Gasteiger partial charge in [-0.3, -0.25) is 4.99 Å². The van der Waals surface area contributed by atoms with Gasteiger partial charge >= 0.3 is 0 Å². The Morgan fingerprint density at radius 1 is 1.60 bits per heavy atom. The molecule has 0 bridgehead atoms. The molecule has 0 heterocycles. The molecule has 0 aromatic heterocycles. The van der Waals surface area contributed by atoms with Crippen molar-refractivity contribution in [2.45, 2.75) is 13.0 Å². The van der Waals surface area contributed by atoms with Gasteiger partial charge in [-0.1, -0.05) is 19.2 Å². The van der Waals surface area contributed by atoms with E-state index in [9.17, 15) is 0 Å². The maximum atomic E-state index is 4.13. The quantitative estimate of drug-likeness (QED) is 0.570. The number of rotatable bonds is 5. The molecule has 0 aliphatic carbocycles. The van der Waals surface area contributed by atoms with E-state index < -0.39 is 0 Å². The van der Waals surface area contributed by atoms with Crippen LogP contribution < -0.4 is 5.32 Å². The first-order chi connectivity index (χ1) is 4.81. The van der Waals surface area contributed by atoms with E-state index in [-0.39, 0.29) is 6.04 Å². The maximum absolute atomic E-state index is 4.13. The Balaban J connectivity index is 3.41. The van der Waals surface area contributed by atoms with Crippen LogP contribution in [0.4, 0.5) is 0 Å². The summed E-state index contributed by atoms with van der Waals surface area (Å²) in [6.07, 6.45) is 5.04. The summed E-state index contributed by atoms with van der Waals surface area (Å²) in [6, 6.07) is 0.288. The standard InChI is InChI=1S/C8H14N2/c1-4-6-10-8(3)7-9-5-2/h4-6,8-9H,1-2,7H2,3H3/b10-6-. The van der Waals surface area contributed by atoms with Crippen LogP contribution in [0.3, 0.4) is 0 Å². The summed E-state index contributed by atoms with van der Waals surface area (Å²) in [5.74, 6) is 0. The van der Waals surface area contributed by atoms with Gasteiger partial charge in [0.2, 0.25) is 0 Å². The second kappa shape index (κ2) is 6.08. The lowest BCUT2D eigenvalue weighted by molar-refractivity contribution is 0.693. The number of hydrogen-bond acceptors (Lipinski definition) is 2. The molecule has 56 valence electrons. The molecular weight excluding hydrogens is 124 g/mol. The molecule has 0 aromatic carbocycles. The van der Waals surface area contributed by atoms with Gasteiger partial charge in [0, 0.05) is 12.8 Å². The van der Waals surface area contributed by atoms with Gasteiger partial charge in [-0.15, -0.1) is 0 Å². The van der Waals surface area contributed by atoms with Crippen molar-refractivity contribution >= 4 is 6.21 Å².